The van der Waals surface area contributed by atoms with Gasteiger partial charge in [0.15, 0.2) is 6.61 Å². The Morgan fingerprint density at radius 3 is 3.00 bits per heavy atom. The van der Waals surface area contributed by atoms with Gasteiger partial charge in [0.2, 0.25) is 5.88 Å². The number of hydrogen-bond acceptors (Lipinski definition) is 10. The van der Waals surface area contributed by atoms with E-state index in [4.69, 9.17) is 19.9 Å². The van der Waals surface area contributed by atoms with Crippen molar-refractivity contribution in [3.63, 3.8) is 0 Å². The quantitative estimate of drug-likeness (QED) is 0.527. The number of amides is 1. The van der Waals surface area contributed by atoms with Crippen molar-refractivity contribution < 1.29 is 23.8 Å². The SMILES string of the molecule is Cc1c(C(=O)OCC(N)=O)sc2ncnc(Nc3cccnc3O[C@@H]3CCCOC3)c12. The van der Waals surface area contributed by atoms with Gasteiger partial charge in [0.25, 0.3) is 5.91 Å². The molecule has 3 aromatic rings. The van der Waals surface area contributed by atoms with E-state index in [1.54, 1.807) is 19.2 Å². The summed E-state index contributed by atoms with van der Waals surface area (Å²) >= 11 is 1.16. The minimum absolute atomic E-state index is 0.0656. The summed E-state index contributed by atoms with van der Waals surface area (Å²) in [5.41, 5.74) is 6.33. The summed E-state index contributed by atoms with van der Waals surface area (Å²) in [6.45, 7) is 2.56. The molecule has 1 aliphatic rings. The molecule has 3 N–H and O–H groups in total. The lowest BCUT2D eigenvalue weighted by atomic mass is 10.2. The minimum atomic E-state index is -0.721. The number of carbonyl (C=O) groups is 2. The van der Waals surface area contributed by atoms with Crippen molar-refractivity contribution in [2.24, 2.45) is 5.73 Å². The molecule has 0 aliphatic carbocycles. The molecule has 1 aliphatic heterocycles. The van der Waals surface area contributed by atoms with E-state index < -0.39 is 18.5 Å². The Morgan fingerprint density at radius 2 is 2.23 bits per heavy atom. The molecule has 1 amide bonds. The lowest BCUT2D eigenvalue weighted by Crippen LogP contribution is -2.28. The Balaban J connectivity index is 1.62. The van der Waals surface area contributed by atoms with Crippen molar-refractivity contribution in [2.75, 3.05) is 25.1 Å². The van der Waals surface area contributed by atoms with Gasteiger partial charge in [0.05, 0.1) is 12.0 Å². The summed E-state index contributed by atoms with van der Waals surface area (Å²) < 4.78 is 16.5. The molecule has 4 rings (SSSR count). The van der Waals surface area contributed by atoms with Crippen molar-refractivity contribution >= 4 is 44.9 Å². The van der Waals surface area contributed by atoms with Crippen molar-refractivity contribution in [3.05, 3.63) is 35.1 Å². The number of carbonyl (C=O) groups excluding carboxylic acids is 2. The Labute approximate surface area is 181 Å². The molecule has 0 unspecified atom stereocenters. The van der Waals surface area contributed by atoms with Crippen molar-refractivity contribution in [1.29, 1.82) is 0 Å². The van der Waals surface area contributed by atoms with Crippen LogP contribution in [0.25, 0.3) is 10.2 Å². The molecule has 0 saturated carbocycles. The first-order valence-electron chi connectivity index (χ1n) is 9.69. The number of aryl methyl sites for hydroxylation is 1. The number of thiophene rings is 1. The van der Waals surface area contributed by atoms with Crippen LogP contribution in [-0.4, -0.2) is 52.8 Å². The van der Waals surface area contributed by atoms with E-state index in [9.17, 15) is 9.59 Å². The maximum atomic E-state index is 12.4. The molecule has 10 nitrogen and oxygen atoms in total. The van der Waals surface area contributed by atoms with Gasteiger partial charge in [-0.15, -0.1) is 11.3 Å². The highest BCUT2D eigenvalue weighted by Crippen LogP contribution is 2.36. The number of aromatic nitrogens is 3. The maximum absolute atomic E-state index is 12.4. The zero-order valence-electron chi connectivity index (χ0n) is 16.8. The Kier molecular flexibility index (Phi) is 6.23. The topological polar surface area (TPSA) is 139 Å². The van der Waals surface area contributed by atoms with Crippen LogP contribution < -0.4 is 15.8 Å². The third-order valence-corrected chi connectivity index (χ3v) is 5.86. The number of pyridine rings is 1. The van der Waals surface area contributed by atoms with Gasteiger partial charge in [-0.2, -0.15) is 0 Å². The predicted octanol–water partition coefficient (Wildman–Crippen LogP) is 2.34. The first-order valence-corrected chi connectivity index (χ1v) is 10.5. The number of anilines is 2. The smallest absolute Gasteiger partial charge is 0.349 e. The fourth-order valence-corrected chi connectivity index (χ4v) is 4.28. The Bertz CT molecular complexity index is 1110. The van der Waals surface area contributed by atoms with Crippen molar-refractivity contribution in [3.8, 4) is 5.88 Å². The third-order valence-electron chi connectivity index (χ3n) is 4.68. The van der Waals surface area contributed by atoms with Gasteiger partial charge in [-0.25, -0.2) is 19.7 Å². The number of nitrogens with two attached hydrogens (primary N) is 1. The number of fused-ring (bicyclic) bond motifs is 1. The first kappa shape index (κ1) is 20.9. The van der Waals surface area contributed by atoms with Gasteiger partial charge < -0.3 is 25.3 Å². The highest BCUT2D eigenvalue weighted by atomic mass is 32.1. The molecule has 1 atom stereocenters. The van der Waals surface area contributed by atoms with Crippen LogP contribution in [0.15, 0.2) is 24.7 Å². The first-order chi connectivity index (χ1) is 15.0. The van der Waals surface area contributed by atoms with Gasteiger partial charge in [-0.05, 0) is 37.5 Å². The van der Waals surface area contributed by atoms with Crippen LogP contribution in [-0.2, 0) is 14.3 Å². The largest absolute Gasteiger partial charge is 0.470 e. The van der Waals surface area contributed by atoms with Gasteiger partial charge in [-0.1, -0.05) is 0 Å². The molecule has 1 saturated heterocycles. The molecule has 3 aromatic heterocycles. The summed E-state index contributed by atoms with van der Waals surface area (Å²) in [6.07, 6.45) is 4.83. The van der Waals surface area contributed by atoms with Crippen LogP contribution in [0.4, 0.5) is 11.5 Å². The number of esters is 1. The zero-order chi connectivity index (χ0) is 21.8. The van der Waals surface area contributed by atoms with Crippen LogP contribution in [0.2, 0.25) is 0 Å². The summed E-state index contributed by atoms with van der Waals surface area (Å²) in [4.78, 5) is 37.2. The number of ether oxygens (including phenoxy) is 3. The van der Waals surface area contributed by atoms with E-state index in [1.807, 2.05) is 6.07 Å². The average Bonchev–Trinajstić information content (AvgIpc) is 3.12. The molecule has 4 heterocycles. The zero-order valence-corrected chi connectivity index (χ0v) is 17.6. The van der Waals surface area contributed by atoms with Gasteiger partial charge >= 0.3 is 5.97 Å². The third kappa shape index (κ3) is 4.72. The molecule has 162 valence electrons. The van der Waals surface area contributed by atoms with Gasteiger partial charge in [-0.3, -0.25) is 4.79 Å². The molecule has 0 radical (unpaired) electrons. The Morgan fingerprint density at radius 1 is 1.35 bits per heavy atom. The van der Waals surface area contributed by atoms with Crippen LogP contribution >= 0.6 is 11.3 Å². The van der Waals surface area contributed by atoms with E-state index >= 15 is 0 Å². The summed E-state index contributed by atoms with van der Waals surface area (Å²) in [5, 5.41) is 3.92. The minimum Gasteiger partial charge on any atom is -0.470 e. The number of primary amides is 1. The summed E-state index contributed by atoms with van der Waals surface area (Å²) in [5.74, 6) is -0.404. The molecular weight excluding hydrogens is 422 g/mol. The van der Waals surface area contributed by atoms with Gasteiger partial charge in [0, 0.05) is 12.8 Å². The molecular formula is C20H21N5O5S. The van der Waals surface area contributed by atoms with Crippen LogP contribution in [0.3, 0.4) is 0 Å². The fourth-order valence-electron chi connectivity index (χ4n) is 3.23. The number of nitrogens with one attached hydrogen (secondary N) is 1. The fraction of sp³-hybridized carbons (Fsp3) is 0.350. The van der Waals surface area contributed by atoms with Crippen LogP contribution in [0.1, 0.15) is 28.1 Å². The lowest BCUT2D eigenvalue weighted by molar-refractivity contribution is -0.121. The second-order valence-electron chi connectivity index (χ2n) is 6.94. The summed E-state index contributed by atoms with van der Waals surface area (Å²) in [6, 6.07) is 3.63. The predicted molar refractivity (Wildman–Crippen MR) is 114 cm³/mol. The molecule has 1 fully saturated rings. The van der Waals surface area contributed by atoms with E-state index in [0.717, 1.165) is 30.8 Å². The molecule has 31 heavy (non-hydrogen) atoms. The van der Waals surface area contributed by atoms with E-state index in [2.05, 4.69) is 20.3 Å². The van der Waals surface area contributed by atoms with Crippen LogP contribution in [0.5, 0.6) is 5.88 Å². The van der Waals surface area contributed by atoms with Crippen molar-refractivity contribution in [1.82, 2.24) is 15.0 Å². The molecule has 11 heteroatoms. The lowest BCUT2D eigenvalue weighted by Gasteiger charge is -2.23. The number of nitrogens with zero attached hydrogens (tertiary/aromatic N) is 3. The summed E-state index contributed by atoms with van der Waals surface area (Å²) in [7, 11) is 0. The van der Waals surface area contributed by atoms with Gasteiger partial charge in [0.1, 0.15) is 33.6 Å². The highest BCUT2D eigenvalue weighted by Gasteiger charge is 2.22. The maximum Gasteiger partial charge on any atom is 0.349 e. The monoisotopic (exact) mass is 443 g/mol. The average molecular weight is 443 g/mol. The molecule has 0 bridgehead atoms. The van der Waals surface area contributed by atoms with E-state index in [-0.39, 0.29) is 6.10 Å². The Hall–Kier alpha value is -3.31. The standard InChI is InChI=1S/C20H21N5O5S/c1-11-15-17(23-10-24-19(15)31-16(11)20(27)29-9-14(21)26)25-13-5-2-6-22-18(13)30-12-4-3-7-28-8-12/h2,5-6,10,12H,3-4,7-9H2,1H3,(H2,21,26)(H,23,24,25)/t12-/m1/s1. The second-order valence-corrected chi connectivity index (χ2v) is 7.94. The molecule has 0 aromatic carbocycles. The van der Waals surface area contributed by atoms with E-state index in [0.29, 0.717) is 44.6 Å². The highest BCUT2D eigenvalue weighted by molar-refractivity contribution is 7.20. The molecule has 0 spiro atoms. The second kappa shape index (κ2) is 9.23. The normalized spacial score (nSPS) is 16.1. The number of hydrogen-bond donors (Lipinski definition) is 2. The van der Waals surface area contributed by atoms with Crippen LogP contribution in [0, 0.1) is 6.92 Å². The van der Waals surface area contributed by atoms with E-state index in [1.165, 1.54) is 6.33 Å². The van der Waals surface area contributed by atoms with Crippen molar-refractivity contribution in [2.45, 2.75) is 25.9 Å². The number of rotatable bonds is 7.